The number of nitrogens with zero attached hydrogens (tertiary/aromatic N) is 5. The fourth-order valence-electron chi connectivity index (χ4n) is 4.88. The first-order valence-corrected chi connectivity index (χ1v) is 13.5. The normalized spacial score (nSPS) is 14.5. The summed E-state index contributed by atoms with van der Waals surface area (Å²) in [5, 5.41) is 18.4. The number of halogens is 1. The zero-order valence-corrected chi connectivity index (χ0v) is 22.3. The van der Waals surface area contributed by atoms with E-state index in [9.17, 15) is 14.3 Å². The number of likely N-dealkylation sites (tertiary alicyclic amines) is 1. The van der Waals surface area contributed by atoms with Gasteiger partial charge in [-0.05, 0) is 50.2 Å². The SMILES string of the molecule is COCCn1c(CN2CCC(c3cccc(OCc4sc(C#N)cc4F)n3)CC2)nc2ccc(C(=O)O)cc21. The third-order valence-electron chi connectivity index (χ3n) is 6.93. The molecular weight excluding hydrogens is 521 g/mol. The molecule has 202 valence electrons. The maximum absolute atomic E-state index is 14.0. The Labute approximate surface area is 229 Å². The van der Waals surface area contributed by atoms with Crippen molar-refractivity contribution < 1.29 is 23.8 Å². The number of pyridine rings is 1. The van der Waals surface area contributed by atoms with Crippen molar-refractivity contribution in [2.45, 2.75) is 38.5 Å². The summed E-state index contributed by atoms with van der Waals surface area (Å²) in [6.45, 7) is 3.50. The number of carbonyl (C=O) groups is 1. The van der Waals surface area contributed by atoms with Crippen LogP contribution in [0.15, 0.2) is 42.5 Å². The monoisotopic (exact) mass is 549 g/mol. The van der Waals surface area contributed by atoms with Crippen molar-refractivity contribution in [2.24, 2.45) is 0 Å². The molecule has 1 aliphatic rings. The van der Waals surface area contributed by atoms with Gasteiger partial charge in [0.05, 0.1) is 34.6 Å². The van der Waals surface area contributed by atoms with E-state index < -0.39 is 11.8 Å². The quantitative estimate of drug-likeness (QED) is 0.300. The minimum Gasteiger partial charge on any atom is -0.478 e. The van der Waals surface area contributed by atoms with Crippen molar-refractivity contribution in [1.82, 2.24) is 19.4 Å². The van der Waals surface area contributed by atoms with E-state index in [1.807, 2.05) is 18.2 Å². The highest BCUT2D eigenvalue weighted by molar-refractivity contribution is 7.12. The first-order chi connectivity index (χ1) is 18.9. The molecule has 1 fully saturated rings. The van der Waals surface area contributed by atoms with E-state index in [2.05, 4.69) is 14.5 Å². The molecule has 0 aliphatic carbocycles. The van der Waals surface area contributed by atoms with Gasteiger partial charge in [-0.25, -0.2) is 19.2 Å². The third kappa shape index (κ3) is 6.09. The van der Waals surface area contributed by atoms with Gasteiger partial charge >= 0.3 is 5.97 Å². The Morgan fingerprint density at radius 2 is 2.05 bits per heavy atom. The maximum Gasteiger partial charge on any atom is 0.335 e. The van der Waals surface area contributed by atoms with Crippen LogP contribution in [0.2, 0.25) is 0 Å². The number of thiophene rings is 1. The molecule has 0 amide bonds. The number of benzene rings is 1. The van der Waals surface area contributed by atoms with Crippen LogP contribution in [0.4, 0.5) is 4.39 Å². The van der Waals surface area contributed by atoms with E-state index in [-0.39, 0.29) is 18.1 Å². The second-order valence-corrected chi connectivity index (χ2v) is 10.6. The number of piperidine rings is 1. The Balaban J connectivity index is 1.23. The van der Waals surface area contributed by atoms with Gasteiger partial charge < -0.3 is 19.1 Å². The van der Waals surface area contributed by atoms with Gasteiger partial charge in [-0.2, -0.15) is 5.26 Å². The minimum atomic E-state index is -0.963. The molecular formula is C28H28FN5O4S. The first kappa shape index (κ1) is 26.7. The highest BCUT2D eigenvalue weighted by Gasteiger charge is 2.24. The zero-order chi connectivity index (χ0) is 27.4. The molecule has 0 saturated carbocycles. The smallest absolute Gasteiger partial charge is 0.335 e. The highest BCUT2D eigenvalue weighted by atomic mass is 32.1. The summed E-state index contributed by atoms with van der Waals surface area (Å²) in [5.41, 5.74) is 2.75. The lowest BCUT2D eigenvalue weighted by molar-refractivity contribution is 0.0697. The molecule has 39 heavy (non-hydrogen) atoms. The van der Waals surface area contributed by atoms with Crippen LogP contribution in [0.1, 0.15) is 50.4 Å². The Kier molecular flexibility index (Phi) is 8.16. The van der Waals surface area contributed by atoms with Gasteiger partial charge in [-0.3, -0.25) is 4.90 Å². The highest BCUT2D eigenvalue weighted by Crippen LogP contribution is 2.30. The standard InChI is InChI=1S/C28H28FN5O4S/c1-37-12-11-34-24-13-19(28(35)36)5-6-23(24)31-26(34)16-33-9-7-18(8-10-33)22-3-2-4-27(32-22)38-17-25-21(29)14-20(15-30)39-25/h2-6,13-14,18H,7-12,16-17H2,1H3,(H,35,36). The Morgan fingerprint density at radius 1 is 1.23 bits per heavy atom. The van der Waals surface area contributed by atoms with Gasteiger partial charge in [0.1, 0.15) is 29.2 Å². The molecule has 0 atom stereocenters. The van der Waals surface area contributed by atoms with Crippen LogP contribution in [0.25, 0.3) is 11.0 Å². The van der Waals surface area contributed by atoms with Gasteiger partial charge in [0.25, 0.3) is 0 Å². The van der Waals surface area contributed by atoms with Gasteiger partial charge in [-0.15, -0.1) is 11.3 Å². The second kappa shape index (κ2) is 11.9. The van der Waals surface area contributed by atoms with E-state index in [4.69, 9.17) is 19.7 Å². The van der Waals surface area contributed by atoms with Crippen LogP contribution in [-0.2, 0) is 24.4 Å². The van der Waals surface area contributed by atoms with Crippen molar-refractivity contribution >= 4 is 28.3 Å². The van der Waals surface area contributed by atoms with E-state index >= 15 is 0 Å². The lowest BCUT2D eigenvalue weighted by Crippen LogP contribution is -2.33. The zero-order valence-electron chi connectivity index (χ0n) is 21.5. The van der Waals surface area contributed by atoms with Crippen molar-refractivity contribution in [2.75, 3.05) is 26.8 Å². The average molecular weight is 550 g/mol. The van der Waals surface area contributed by atoms with Crippen LogP contribution in [0.5, 0.6) is 5.88 Å². The Morgan fingerprint density at radius 3 is 2.77 bits per heavy atom. The molecule has 1 saturated heterocycles. The minimum absolute atomic E-state index is 0.0328. The fraction of sp³-hybridized carbons (Fsp3) is 0.357. The fourth-order valence-corrected chi connectivity index (χ4v) is 5.63. The van der Waals surface area contributed by atoms with E-state index in [0.717, 1.165) is 59.8 Å². The number of hydrogen-bond donors (Lipinski definition) is 1. The van der Waals surface area contributed by atoms with Crippen LogP contribution in [0.3, 0.4) is 0 Å². The summed E-state index contributed by atoms with van der Waals surface area (Å²) in [7, 11) is 1.64. The van der Waals surface area contributed by atoms with Gasteiger partial charge in [0, 0.05) is 37.4 Å². The van der Waals surface area contributed by atoms with Crippen LogP contribution in [0, 0.1) is 17.1 Å². The number of carboxylic acids is 1. The molecule has 5 rings (SSSR count). The number of rotatable bonds is 10. The van der Waals surface area contributed by atoms with Gasteiger partial charge in [0.2, 0.25) is 5.88 Å². The Hall–Kier alpha value is -3.85. The number of fused-ring (bicyclic) bond motifs is 1. The average Bonchev–Trinajstić information content (AvgIpc) is 3.49. The summed E-state index contributed by atoms with van der Waals surface area (Å²) in [6.07, 6.45) is 1.84. The summed E-state index contributed by atoms with van der Waals surface area (Å²) in [5.74, 6) is 0.206. The van der Waals surface area contributed by atoms with Crippen molar-refractivity contribution in [3.05, 3.63) is 75.1 Å². The number of aromatic nitrogens is 3. The third-order valence-corrected chi connectivity index (χ3v) is 7.92. The maximum atomic E-state index is 14.0. The molecule has 4 aromatic rings. The molecule has 1 N–H and O–H groups in total. The molecule has 11 heteroatoms. The molecule has 9 nitrogen and oxygen atoms in total. The number of nitriles is 1. The molecule has 0 bridgehead atoms. The second-order valence-electron chi connectivity index (χ2n) is 9.41. The summed E-state index contributed by atoms with van der Waals surface area (Å²) >= 11 is 1.09. The largest absolute Gasteiger partial charge is 0.478 e. The van der Waals surface area contributed by atoms with E-state index in [0.29, 0.717) is 35.3 Å². The molecule has 0 radical (unpaired) electrons. The molecule has 3 aromatic heterocycles. The molecule has 1 aliphatic heterocycles. The van der Waals surface area contributed by atoms with Crippen LogP contribution >= 0.6 is 11.3 Å². The number of aromatic carboxylic acids is 1. The molecule has 0 unspecified atom stereocenters. The van der Waals surface area contributed by atoms with Gasteiger partial charge in [-0.1, -0.05) is 6.07 Å². The molecule has 4 heterocycles. The topological polar surface area (TPSA) is 114 Å². The van der Waals surface area contributed by atoms with E-state index in [1.54, 1.807) is 31.4 Å². The van der Waals surface area contributed by atoms with Crippen molar-refractivity contribution in [3.63, 3.8) is 0 Å². The van der Waals surface area contributed by atoms with Gasteiger partial charge in [0.15, 0.2) is 0 Å². The Bertz CT molecular complexity index is 1520. The summed E-state index contributed by atoms with van der Waals surface area (Å²) in [6, 6.07) is 13.8. The number of methoxy groups -OCH3 is 1. The first-order valence-electron chi connectivity index (χ1n) is 12.7. The van der Waals surface area contributed by atoms with Crippen LogP contribution < -0.4 is 4.74 Å². The summed E-state index contributed by atoms with van der Waals surface area (Å²) < 4.78 is 27.1. The van der Waals surface area contributed by atoms with Crippen molar-refractivity contribution in [1.29, 1.82) is 5.26 Å². The lowest BCUT2D eigenvalue weighted by Gasteiger charge is -2.31. The molecule has 1 aromatic carbocycles. The van der Waals surface area contributed by atoms with Crippen molar-refractivity contribution in [3.8, 4) is 11.9 Å². The number of imidazole rings is 1. The number of carboxylic acid groups (broad SMARTS) is 1. The lowest BCUT2D eigenvalue weighted by atomic mass is 9.93. The number of hydrogen-bond acceptors (Lipinski definition) is 8. The predicted molar refractivity (Wildman–Crippen MR) is 143 cm³/mol. The molecule has 0 spiro atoms. The summed E-state index contributed by atoms with van der Waals surface area (Å²) in [4.78, 5) is 24.0. The number of ether oxygens (including phenoxy) is 2. The predicted octanol–water partition coefficient (Wildman–Crippen LogP) is 4.81. The van der Waals surface area contributed by atoms with E-state index in [1.165, 1.54) is 6.07 Å². The van der Waals surface area contributed by atoms with Crippen LogP contribution in [-0.4, -0.2) is 57.3 Å².